The molecule has 1 heterocycles. The van der Waals surface area contributed by atoms with Crippen LogP contribution in [0, 0.1) is 12.7 Å². The molecule has 0 aromatic heterocycles. The molecule has 1 aromatic rings. The van der Waals surface area contributed by atoms with E-state index in [4.69, 9.17) is 11.6 Å². The Kier molecular flexibility index (Phi) is 3.17. The lowest BCUT2D eigenvalue weighted by Gasteiger charge is -2.06. The number of phenols is 1. The molecule has 6 heteroatoms. The van der Waals surface area contributed by atoms with Crippen LogP contribution in [0.5, 0.6) is 5.75 Å². The Hall–Kier alpha value is -1.75. The first-order valence-electron chi connectivity index (χ1n) is 5.05. The molecule has 0 bridgehead atoms. The van der Waals surface area contributed by atoms with E-state index in [1.54, 1.807) is 0 Å². The number of aryl methyl sites for hydroxylation is 1. The van der Waals surface area contributed by atoms with Crippen LogP contribution in [0.3, 0.4) is 0 Å². The highest BCUT2D eigenvalue weighted by Gasteiger charge is 2.26. The summed E-state index contributed by atoms with van der Waals surface area (Å²) >= 11 is 5.42. The maximum Gasteiger partial charge on any atom is 0.211 e. The van der Waals surface area contributed by atoms with Gasteiger partial charge in [-0.05, 0) is 24.6 Å². The summed E-state index contributed by atoms with van der Waals surface area (Å²) in [5, 5.41) is 9.32. The van der Waals surface area contributed by atoms with Gasteiger partial charge in [-0.15, -0.1) is 0 Å². The minimum Gasteiger partial charge on any atom is -0.507 e. The molecule has 1 aromatic carbocycles. The summed E-state index contributed by atoms with van der Waals surface area (Å²) in [6.45, 7) is 1.46. The topological polar surface area (TPSA) is 49.7 Å². The lowest BCUT2D eigenvalue weighted by atomic mass is 10.0. The number of carbonyl (C=O) groups excluding carboxylic acids is 1. The number of allylic oxidation sites excluding steroid dienone is 1. The second kappa shape index (κ2) is 4.49. The highest BCUT2D eigenvalue weighted by Crippen LogP contribution is 2.29. The second-order valence-electron chi connectivity index (χ2n) is 3.88. The zero-order valence-corrected chi connectivity index (χ0v) is 10.1. The summed E-state index contributed by atoms with van der Waals surface area (Å²) in [4.78, 5) is 15.5. The van der Waals surface area contributed by atoms with Crippen molar-refractivity contribution in [2.75, 3.05) is 0 Å². The van der Waals surface area contributed by atoms with Gasteiger partial charge >= 0.3 is 0 Å². The Morgan fingerprint density at radius 2 is 2.11 bits per heavy atom. The van der Waals surface area contributed by atoms with Crippen LogP contribution in [0.2, 0.25) is 0 Å². The summed E-state index contributed by atoms with van der Waals surface area (Å²) in [5.41, 5.74) is -0.181. The number of phenolic OH excluding ortho intramolecular Hbond substituents is 1. The van der Waals surface area contributed by atoms with Crippen molar-refractivity contribution in [3.8, 4) is 5.75 Å². The molecule has 0 saturated heterocycles. The molecule has 0 spiro atoms. The van der Waals surface area contributed by atoms with Gasteiger partial charge in [0.05, 0.1) is 11.3 Å². The molecule has 0 aliphatic carbocycles. The third-order valence-electron chi connectivity index (χ3n) is 2.55. The Labute approximate surface area is 106 Å². The standard InChI is InChI=1S/C12H8ClF2NO2/c1-5-2-6(14)3-7(10(5)17)11(18)9-4-8(15)12(13)16-9/h2-3,17H,4H2,1H3. The summed E-state index contributed by atoms with van der Waals surface area (Å²) in [6, 6.07) is 1.98. The van der Waals surface area contributed by atoms with E-state index in [0.29, 0.717) is 0 Å². The third-order valence-corrected chi connectivity index (χ3v) is 2.84. The number of rotatable bonds is 2. The fourth-order valence-corrected chi connectivity index (χ4v) is 1.80. The van der Waals surface area contributed by atoms with Crippen LogP contribution in [0.25, 0.3) is 0 Å². The smallest absolute Gasteiger partial charge is 0.211 e. The normalized spacial score (nSPS) is 15.0. The van der Waals surface area contributed by atoms with E-state index < -0.39 is 17.4 Å². The van der Waals surface area contributed by atoms with Crippen molar-refractivity contribution in [1.82, 2.24) is 0 Å². The molecule has 18 heavy (non-hydrogen) atoms. The van der Waals surface area contributed by atoms with Crippen molar-refractivity contribution in [1.29, 1.82) is 0 Å². The molecule has 0 amide bonds. The number of benzene rings is 1. The summed E-state index contributed by atoms with van der Waals surface area (Å²) in [5.74, 6) is -2.45. The van der Waals surface area contributed by atoms with Gasteiger partial charge in [0.1, 0.15) is 17.4 Å². The highest BCUT2D eigenvalue weighted by atomic mass is 35.5. The van der Waals surface area contributed by atoms with E-state index in [1.165, 1.54) is 6.92 Å². The van der Waals surface area contributed by atoms with Gasteiger partial charge in [0, 0.05) is 6.42 Å². The molecule has 3 nitrogen and oxygen atoms in total. The van der Waals surface area contributed by atoms with Gasteiger partial charge in [-0.1, -0.05) is 11.6 Å². The number of Topliss-reactive ketones (excluding diaryl/α,β-unsaturated/α-hetero) is 1. The monoisotopic (exact) mass is 271 g/mol. The fraction of sp³-hybridized carbons (Fsp3) is 0.167. The van der Waals surface area contributed by atoms with Crippen LogP contribution < -0.4 is 0 Å². The van der Waals surface area contributed by atoms with Crippen LogP contribution in [0.1, 0.15) is 22.3 Å². The van der Waals surface area contributed by atoms with E-state index in [9.17, 15) is 18.7 Å². The zero-order valence-electron chi connectivity index (χ0n) is 9.30. The molecular weight excluding hydrogens is 264 g/mol. The van der Waals surface area contributed by atoms with Gasteiger partial charge < -0.3 is 5.11 Å². The minimum atomic E-state index is -0.735. The van der Waals surface area contributed by atoms with Crippen molar-refractivity contribution in [2.45, 2.75) is 13.3 Å². The van der Waals surface area contributed by atoms with Gasteiger partial charge in [0.25, 0.3) is 0 Å². The number of hydrogen-bond donors (Lipinski definition) is 1. The van der Waals surface area contributed by atoms with Crippen molar-refractivity contribution in [2.24, 2.45) is 4.99 Å². The van der Waals surface area contributed by atoms with Crippen molar-refractivity contribution < 1.29 is 18.7 Å². The number of aliphatic imine (C=N–C) groups is 1. The van der Waals surface area contributed by atoms with E-state index in [0.717, 1.165) is 12.1 Å². The van der Waals surface area contributed by atoms with Gasteiger partial charge in [0.2, 0.25) is 5.78 Å². The molecule has 0 radical (unpaired) electrons. The Balaban J connectivity index is 2.40. The van der Waals surface area contributed by atoms with E-state index >= 15 is 0 Å². The number of nitrogens with zero attached hydrogens (tertiary/aromatic N) is 1. The number of ketones is 1. The Morgan fingerprint density at radius 3 is 2.67 bits per heavy atom. The first-order valence-corrected chi connectivity index (χ1v) is 5.43. The molecular formula is C12H8ClF2NO2. The molecule has 0 atom stereocenters. The van der Waals surface area contributed by atoms with Gasteiger partial charge in [-0.25, -0.2) is 13.8 Å². The van der Waals surface area contributed by atoms with Crippen molar-refractivity contribution in [3.05, 3.63) is 40.1 Å². The van der Waals surface area contributed by atoms with E-state index in [2.05, 4.69) is 4.99 Å². The van der Waals surface area contributed by atoms with Crippen LogP contribution in [-0.4, -0.2) is 16.6 Å². The van der Waals surface area contributed by atoms with E-state index in [-0.39, 0.29) is 34.2 Å². The predicted molar refractivity (Wildman–Crippen MR) is 63.2 cm³/mol. The average Bonchev–Trinajstić information content (AvgIpc) is 2.63. The molecule has 0 fully saturated rings. The van der Waals surface area contributed by atoms with Gasteiger partial charge in [-0.2, -0.15) is 0 Å². The van der Waals surface area contributed by atoms with Crippen molar-refractivity contribution >= 4 is 23.1 Å². The number of aromatic hydroxyl groups is 1. The Morgan fingerprint density at radius 1 is 1.44 bits per heavy atom. The van der Waals surface area contributed by atoms with Crippen LogP contribution >= 0.6 is 11.6 Å². The first kappa shape index (κ1) is 12.7. The maximum atomic E-state index is 13.2. The van der Waals surface area contributed by atoms with Crippen LogP contribution in [-0.2, 0) is 0 Å². The summed E-state index contributed by atoms with van der Waals surface area (Å²) < 4.78 is 26.2. The maximum absolute atomic E-state index is 13.2. The zero-order chi connectivity index (χ0) is 13.4. The first-order chi connectivity index (χ1) is 8.40. The number of carbonyl (C=O) groups is 1. The average molecular weight is 272 g/mol. The number of halogens is 3. The van der Waals surface area contributed by atoms with Gasteiger partial charge in [-0.3, -0.25) is 4.79 Å². The second-order valence-corrected chi connectivity index (χ2v) is 4.24. The van der Waals surface area contributed by atoms with Crippen LogP contribution in [0.4, 0.5) is 8.78 Å². The summed E-state index contributed by atoms with van der Waals surface area (Å²) in [7, 11) is 0. The fourth-order valence-electron chi connectivity index (χ4n) is 1.63. The molecule has 0 unspecified atom stereocenters. The predicted octanol–water partition coefficient (Wildman–Crippen LogP) is 3.24. The quantitative estimate of drug-likeness (QED) is 0.663. The largest absolute Gasteiger partial charge is 0.507 e. The lowest BCUT2D eigenvalue weighted by Crippen LogP contribution is -2.13. The SMILES string of the molecule is Cc1cc(F)cc(C(=O)C2=NC(Cl)=C(F)C2)c1O. The molecule has 2 rings (SSSR count). The van der Waals surface area contributed by atoms with Crippen LogP contribution in [0.15, 0.2) is 28.1 Å². The van der Waals surface area contributed by atoms with Crippen molar-refractivity contribution in [3.63, 3.8) is 0 Å². The number of hydrogen-bond acceptors (Lipinski definition) is 3. The minimum absolute atomic E-state index is 0.155. The van der Waals surface area contributed by atoms with Gasteiger partial charge in [0.15, 0.2) is 5.16 Å². The lowest BCUT2D eigenvalue weighted by molar-refractivity contribution is 0.106. The Bertz CT molecular complexity index is 608. The molecule has 1 N–H and O–H groups in total. The summed E-state index contributed by atoms with van der Waals surface area (Å²) in [6.07, 6.45) is -0.341. The molecule has 94 valence electrons. The third kappa shape index (κ3) is 2.13. The molecule has 0 saturated carbocycles. The van der Waals surface area contributed by atoms with E-state index in [1.807, 2.05) is 0 Å². The molecule has 1 aliphatic heterocycles. The highest BCUT2D eigenvalue weighted by molar-refractivity contribution is 6.49. The molecule has 1 aliphatic rings.